The molecule has 0 atom stereocenters. The zero-order chi connectivity index (χ0) is 12.8. The van der Waals surface area contributed by atoms with Gasteiger partial charge in [0.1, 0.15) is 0 Å². The molecule has 1 aromatic carbocycles. The number of nitrogens with zero attached hydrogens (tertiary/aromatic N) is 4. The Morgan fingerprint density at radius 2 is 2.11 bits per heavy atom. The van der Waals surface area contributed by atoms with E-state index in [1.54, 1.807) is 11.6 Å². The predicted molar refractivity (Wildman–Crippen MR) is 64.1 cm³/mol. The number of carbonyl (C=O) groups is 1. The maximum atomic E-state index is 11.3. The fourth-order valence-electron chi connectivity index (χ4n) is 1.58. The van der Waals surface area contributed by atoms with E-state index in [2.05, 4.69) is 15.5 Å². The Morgan fingerprint density at radius 1 is 1.33 bits per heavy atom. The van der Waals surface area contributed by atoms with E-state index in [1.807, 2.05) is 30.3 Å². The molecular weight excluding hydrogens is 232 g/mol. The molecule has 0 aliphatic carbocycles. The number of carbonyl (C=O) groups excluding carboxylic acids is 1. The average Bonchev–Trinajstić information content (AvgIpc) is 2.86. The number of esters is 1. The molecule has 0 saturated carbocycles. The van der Waals surface area contributed by atoms with Crippen LogP contribution in [0.4, 0.5) is 0 Å². The first-order valence-electron chi connectivity index (χ1n) is 5.79. The molecule has 0 N–H and O–H groups in total. The van der Waals surface area contributed by atoms with Gasteiger partial charge < -0.3 is 4.74 Å². The van der Waals surface area contributed by atoms with Crippen molar-refractivity contribution in [1.29, 1.82) is 0 Å². The van der Waals surface area contributed by atoms with Gasteiger partial charge in [0.15, 0.2) is 5.82 Å². The summed E-state index contributed by atoms with van der Waals surface area (Å²) < 4.78 is 6.49. The molecule has 1 heterocycles. The van der Waals surface area contributed by atoms with E-state index in [-0.39, 0.29) is 12.4 Å². The topological polar surface area (TPSA) is 69.9 Å². The molecule has 18 heavy (non-hydrogen) atoms. The fourth-order valence-corrected chi connectivity index (χ4v) is 1.58. The number of hydrogen-bond acceptors (Lipinski definition) is 5. The molecule has 0 spiro atoms. The average molecular weight is 246 g/mol. The van der Waals surface area contributed by atoms with Gasteiger partial charge in [-0.1, -0.05) is 18.2 Å². The van der Waals surface area contributed by atoms with Crippen molar-refractivity contribution in [3.63, 3.8) is 0 Å². The predicted octanol–water partition coefficient (Wildman–Crippen LogP) is 1.16. The van der Waals surface area contributed by atoms with Crippen molar-refractivity contribution >= 4 is 5.97 Å². The van der Waals surface area contributed by atoms with Gasteiger partial charge in [-0.3, -0.25) is 4.79 Å². The van der Waals surface area contributed by atoms with Crippen LogP contribution < -0.4 is 0 Å². The van der Waals surface area contributed by atoms with Crippen LogP contribution >= 0.6 is 0 Å². The zero-order valence-corrected chi connectivity index (χ0v) is 10.1. The third-order valence-electron chi connectivity index (χ3n) is 2.39. The zero-order valence-electron chi connectivity index (χ0n) is 10.1. The molecule has 0 saturated heterocycles. The Labute approximate surface area is 105 Å². The molecule has 0 radical (unpaired) electrons. The van der Waals surface area contributed by atoms with Gasteiger partial charge >= 0.3 is 5.97 Å². The second-order valence-electron chi connectivity index (χ2n) is 3.65. The van der Waals surface area contributed by atoms with Gasteiger partial charge in [-0.2, -0.15) is 4.68 Å². The second kappa shape index (κ2) is 5.90. The normalized spacial score (nSPS) is 10.3. The highest BCUT2D eigenvalue weighted by Crippen LogP contribution is 2.08. The second-order valence-corrected chi connectivity index (χ2v) is 3.65. The number of aryl methyl sites for hydroxylation is 1. The van der Waals surface area contributed by atoms with Crippen LogP contribution in [0, 0.1) is 0 Å². The van der Waals surface area contributed by atoms with Crippen LogP contribution in [-0.4, -0.2) is 32.8 Å². The Balaban J connectivity index is 2.07. The highest BCUT2D eigenvalue weighted by atomic mass is 16.5. The Hall–Kier alpha value is -2.24. The molecular formula is C12H14N4O2. The van der Waals surface area contributed by atoms with Gasteiger partial charge in [-0.15, -0.1) is 5.10 Å². The van der Waals surface area contributed by atoms with Crippen molar-refractivity contribution in [2.24, 2.45) is 0 Å². The Bertz CT molecular complexity index is 510. The summed E-state index contributed by atoms with van der Waals surface area (Å²) in [4.78, 5) is 11.3. The molecule has 6 heteroatoms. The highest BCUT2D eigenvalue weighted by Gasteiger charge is 2.10. The van der Waals surface area contributed by atoms with Crippen LogP contribution in [0.5, 0.6) is 0 Å². The Morgan fingerprint density at radius 3 is 2.83 bits per heavy atom. The molecule has 0 aliphatic heterocycles. The molecule has 0 unspecified atom stereocenters. The lowest BCUT2D eigenvalue weighted by atomic mass is 10.3. The number of benzene rings is 1. The van der Waals surface area contributed by atoms with E-state index in [9.17, 15) is 4.79 Å². The summed E-state index contributed by atoms with van der Waals surface area (Å²) in [7, 11) is 0. The Kier molecular flexibility index (Phi) is 4.01. The van der Waals surface area contributed by atoms with Crippen LogP contribution in [0.3, 0.4) is 0 Å². The first kappa shape index (κ1) is 12.2. The minimum Gasteiger partial charge on any atom is -0.466 e. The summed E-state index contributed by atoms with van der Waals surface area (Å²) in [5.41, 5.74) is 0.876. The summed E-state index contributed by atoms with van der Waals surface area (Å²) in [5, 5.41) is 11.5. The van der Waals surface area contributed by atoms with E-state index in [0.29, 0.717) is 18.9 Å². The monoisotopic (exact) mass is 246 g/mol. The van der Waals surface area contributed by atoms with Crippen LogP contribution in [0.2, 0.25) is 0 Å². The van der Waals surface area contributed by atoms with E-state index < -0.39 is 0 Å². The molecule has 0 fully saturated rings. The quantitative estimate of drug-likeness (QED) is 0.740. The van der Waals surface area contributed by atoms with E-state index in [4.69, 9.17) is 4.74 Å². The van der Waals surface area contributed by atoms with Crippen LogP contribution in [0.1, 0.15) is 19.2 Å². The minimum absolute atomic E-state index is 0.236. The van der Waals surface area contributed by atoms with Gasteiger partial charge in [0.25, 0.3) is 0 Å². The molecule has 6 nitrogen and oxygen atoms in total. The van der Waals surface area contributed by atoms with Crippen molar-refractivity contribution in [2.45, 2.75) is 19.8 Å². The van der Waals surface area contributed by atoms with Crippen molar-refractivity contribution in [3.05, 3.63) is 36.2 Å². The number of aromatic nitrogens is 4. The van der Waals surface area contributed by atoms with Gasteiger partial charge in [-0.05, 0) is 29.5 Å². The van der Waals surface area contributed by atoms with Gasteiger partial charge in [0, 0.05) is 6.42 Å². The first-order chi connectivity index (χ1) is 8.81. The summed E-state index contributed by atoms with van der Waals surface area (Å²) in [6.07, 6.45) is 0.738. The van der Waals surface area contributed by atoms with Crippen molar-refractivity contribution in [3.8, 4) is 5.69 Å². The van der Waals surface area contributed by atoms with Crippen LogP contribution in [-0.2, 0) is 16.0 Å². The molecule has 2 aromatic rings. The number of tetrazole rings is 1. The number of ether oxygens (including phenoxy) is 1. The maximum absolute atomic E-state index is 11.3. The molecule has 0 aliphatic rings. The third kappa shape index (κ3) is 2.91. The molecule has 2 rings (SSSR count). The van der Waals surface area contributed by atoms with Gasteiger partial charge in [0.2, 0.25) is 0 Å². The van der Waals surface area contributed by atoms with Crippen LogP contribution in [0.15, 0.2) is 30.3 Å². The number of para-hydroxylation sites is 1. The molecule has 94 valence electrons. The first-order valence-corrected chi connectivity index (χ1v) is 5.79. The van der Waals surface area contributed by atoms with Crippen molar-refractivity contribution in [2.75, 3.05) is 6.61 Å². The van der Waals surface area contributed by atoms with Gasteiger partial charge in [-0.25, -0.2) is 0 Å². The lowest BCUT2D eigenvalue weighted by molar-refractivity contribution is -0.143. The maximum Gasteiger partial charge on any atom is 0.306 e. The fraction of sp³-hybridized carbons (Fsp3) is 0.333. The summed E-state index contributed by atoms with van der Waals surface area (Å²) >= 11 is 0. The van der Waals surface area contributed by atoms with Crippen LogP contribution in [0.25, 0.3) is 5.69 Å². The largest absolute Gasteiger partial charge is 0.466 e. The van der Waals surface area contributed by atoms with Crippen molar-refractivity contribution in [1.82, 2.24) is 20.2 Å². The van der Waals surface area contributed by atoms with Gasteiger partial charge in [0.05, 0.1) is 18.7 Å². The van der Waals surface area contributed by atoms with E-state index in [1.165, 1.54) is 0 Å². The highest BCUT2D eigenvalue weighted by molar-refractivity contribution is 5.69. The smallest absolute Gasteiger partial charge is 0.306 e. The standard InChI is InChI=1S/C12H14N4O2/c1-2-18-12(17)9-8-11-13-14-15-16(11)10-6-4-3-5-7-10/h3-7H,2,8-9H2,1H3. The lowest BCUT2D eigenvalue weighted by Gasteiger charge is -2.04. The van der Waals surface area contributed by atoms with Crippen molar-refractivity contribution < 1.29 is 9.53 Å². The molecule has 1 aromatic heterocycles. The summed E-state index contributed by atoms with van der Waals surface area (Å²) in [6, 6.07) is 9.55. The molecule has 0 amide bonds. The van der Waals surface area contributed by atoms with E-state index >= 15 is 0 Å². The SMILES string of the molecule is CCOC(=O)CCc1nnnn1-c1ccccc1. The summed E-state index contributed by atoms with van der Waals surface area (Å²) in [5.74, 6) is 0.411. The third-order valence-corrected chi connectivity index (χ3v) is 2.39. The number of hydrogen-bond donors (Lipinski definition) is 0. The number of rotatable bonds is 5. The lowest BCUT2D eigenvalue weighted by Crippen LogP contribution is -2.09. The molecule has 0 bridgehead atoms. The minimum atomic E-state index is -0.236. The van der Waals surface area contributed by atoms with E-state index in [0.717, 1.165) is 5.69 Å². The summed E-state index contributed by atoms with van der Waals surface area (Å²) in [6.45, 7) is 2.17.